The van der Waals surface area contributed by atoms with E-state index >= 15 is 0 Å². The van der Waals surface area contributed by atoms with E-state index in [1.54, 1.807) is 24.3 Å². The van der Waals surface area contributed by atoms with Gasteiger partial charge in [0.15, 0.2) is 0 Å². The molecule has 23 heavy (non-hydrogen) atoms. The van der Waals surface area contributed by atoms with Crippen molar-refractivity contribution in [1.29, 1.82) is 0 Å². The van der Waals surface area contributed by atoms with Gasteiger partial charge in [-0.25, -0.2) is 0 Å². The molecule has 0 radical (unpaired) electrons. The zero-order valence-corrected chi connectivity index (χ0v) is 12.7. The number of benzene rings is 3. The molecule has 0 saturated heterocycles. The molecule has 1 atom stereocenters. The Bertz CT molecular complexity index is 800. The van der Waals surface area contributed by atoms with Gasteiger partial charge in [0.1, 0.15) is 11.5 Å². The summed E-state index contributed by atoms with van der Waals surface area (Å²) in [6.07, 6.45) is 0.572. The molecule has 0 unspecified atom stereocenters. The molecule has 0 aliphatic carbocycles. The lowest BCUT2D eigenvalue weighted by Crippen LogP contribution is -2.14. The molecule has 0 amide bonds. The van der Waals surface area contributed by atoms with Crippen molar-refractivity contribution in [3.05, 3.63) is 83.9 Å². The summed E-state index contributed by atoms with van der Waals surface area (Å²) >= 11 is 0. The fraction of sp³-hybridized carbons (Fsp3) is 0.100. The number of aromatic hydroxyl groups is 2. The normalized spacial score (nSPS) is 12.0. The molecule has 0 saturated carbocycles. The first-order chi connectivity index (χ1) is 11.1. The maximum absolute atomic E-state index is 9.97. The van der Waals surface area contributed by atoms with Gasteiger partial charge in [-0.15, -0.1) is 0 Å². The van der Waals surface area contributed by atoms with Gasteiger partial charge in [-0.1, -0.05) is 54.6 Å². The van der Waals surface area contributed by atoms with E-state index < -0.39 is 0 Å². The van der Waals surface area contributed by atoms with Gasteiger partial charge in [-0.3, -0.25) is 0 Å². The molecular weight excluding hydrogens is 286 g/mol. The number of hydrogen-bond acceptors (Lipinski definition) is 3. The second-order valence-corrected chi connectivity index (χ2v) is 5.58. The van der Waals surface area contributed by atoms with Crippen molar-refractivity contribution in [3.63, 3.8) is 0 Å². The van der Waals surface area contributed by atoms with Gasteiger partial charge in [0.25, 0.3) is 0 Å². The van der Waals surface area contributed by atoms with Crippen LogP contribution in [-0.2, 0) is 6.42 Å². The van der Waals surface area contributed by atoms with E-state index in [-0.39, 0.29) is 17.5 Å². The Hall–Kier alpha value is -2.78. The average Bonchev–Trinajstić information content (AvgIpc) is 2.57. The summed E-state index contributed by atoms with van der Waals surface area (Å²) in [5.41, 5.74) is 10.0. The lowest BCUT2D eigenvalue weighted by Gasteiger charge is -2.17. The molecule has 3 rings (SSSR count). The largest absolute Gasteiger partial charge is 0.508 e. The van der Waals surface area contributed by atoms with Crippen LogP contribution in [0, 0.1) is 0 Å². The Morgan fingerprint density at radius 1 is 0.826 bits per heavy atom. The average molecular weight is 305 g/mol. The topological polar surface area (TPSA) is 66.5 Å². The number of hydrogen-bond donors (Lipinski definition) is 3. The summed E-state index contributed by atoms with van der Waals surface area (Å²) in [4.78, 5) is 0. The number of phenols is 2. The van der Waals surface area contributed by atoms with Crippen molar-refractivity contribution in [2.45, 2.75) is 12.5 Å². The predicted octanol–water partition coefficient (Wildman–Crippen LogP) is 4.01. The summed E-state index contributed by atoms with van der Waals surface area (Å²) in [7, 11) is 0. The van der Waals surface area contributed by atoms with Crippen molar-refractivity contribution in [1.82, 2.24) is 0 Å². The predicted molar refractivity (Wildman–Crippen MR) is 92.3 cm³/mol. The number of para-hydroxylation sites is 1. The highest BCUT2D eigenvalue weighted by Crippen LogP contribution is 2.31. The summed E-state index contributed by atoms with van der Waals surface area (Å²) in [6, 6.07) is 22.0. The van der Waals surface area contributed by atoms with Crippen LogP contribution in [-0.4, -0.2) is 10.2 Å². The fourth-order valence-corrected chi connectivity index (χ4v) is 2.78. The van der Waals surface area contributed by atoms with Crippen LogP contribution < -0.4 is 5.73 Å². The quantitative estimate of drug-likeness (QED) is 0.682. The van der Waals surface area contributed by atoms with Crippen LogP contribution in [0.15, 0.2) is 72.8 Å². The molecule has 3 aromatic carbocycles. The molecule has 3 nitrogen and oxygen atoms in total. The van der Waals surface area contributed by atoms with Crippen LogP contribution in [0.25, 0.3) is 11.1 Å². The van der Waals surface area contributed by atoms with Crippen LogP contribution in [0.4, 0.5) is 0 Å². The molecule has 0 heterocycles. The number of phenolic OH excluding ortho intramolecular Hbond substituents is 2. The monoisotopic (exact) mass is 305 g/mol. The van der Waals surface area contributed by atoms with E-state index in [1.807, 2.05) is 48.5 Å². The Morgan fingerprint density at radius 3 is 2.26 bits per heavy atom. The minimum atomic E-state index is -0.316. The molecule has 0 bridgehead atoms. The second-order valence-electron chi connectivity index (χ2n) is 5.58. The third kappa shape index (κ3) is 3.35. The van der Waals surface area contributed by atoms with Crippen molar-refractivity contribution in [2.75, 3.05) is 0 Å². The first kappa shape index (κ1) is 15.1. The highest BCUT2D eigenvalue weighted by molar-refractivity contribution is 5.69. The second kappa shape index (κ2) is 6.55. The highest BCUT2D eigenvalue weighted by atomic mass is 16.3. The molecular formula is C20H19NO2. The summed E-state index contributed by atoms with van der Waals surface area (Å²) in [6.45, 7) is 0. The van der Waals surface area contributed by atoms with Gasteiger partial charge < -0.3 is 15.9 Å². The van der Waals surface area contributed by atoms with Crippen LogP contribution in [0.1, 0.15) is 17.2 Å². The maximum Gasteiger partial charge on any atom is 0.120 e. The van der Waals surface area contributed by atoms with Crippen molar-refractivity contribution < 1.29 is 10.2 Å². The Labute approximate surface area is 135 Å². The van der Waals surface area contributed by atoms with Crippen molar-refractivity contribution in [2.24, 2.45) is 5.73 Å². The number of nitrogens with two attached hydrogens (primary N) is 1. The summed E-state index contributed by atoms with van der Waals surface area (Å²) in [5.74, 6) is 0.434. The number of rotatable bonds is 4. The van der Waals surface area contributed by atoms with E-state index in [0.29, 0.717) is 6.42 Å². The van der Waals surface area contributed by atoms with E-state index in [0.717, 1.165) is 22.3 Å². The van der Waals surface area contributed by atoms with Crippen LogP contribution in [0.5, 0.6) is 11.5 Å². The Kier molecular flexibility index (Phi) is 4.31. The van der Waals surface area contributed by atoms with E-state index in [9.17, 15) is 10.2 Å². The lowest BCUT2D eigenvalue weighted by molar-refractivity contribution is 0.461. The van der Waals surface area contributed by atoms with Gasteiger partial charge in [0.05, 0.1) is 0 Å². The van der Waals surface area contributed by atoms with Crippen LogP contribution >= 0.6 is 0 Å². The van der Waals surface area contributed by atoms with E-state index in [1.165, 1.54) is 0 Å². The minimum Gasteiger partial charge on any atom is -0.508 e. The smallest absolute Gasteiger partial charge is 0.120 e. The molecule has 116 valence electrons. The van der Waals surface area contributed by atoms with E-state index in [2.05, 4.69) is 0 Å². The van der Waals surface area contributed by atoms with Gasteiger partial charge in [-0.2, -0.15) is 0 Å². The third-order valence-electron chi connectivity index (χ3n) is 3.95. The van der Waals surface area contributed by atoms with Crippen LogP contribution in [0.3, 0.4) is 0 Å². The molecule has 0 spiro atoms. The van der Waals surface area contributed by atoms with Gasteiger partial charge in [0, 0.05) is 11.6 Å². The molecule has 4 N–H and O–H groups in total. The van der Waals surface area contributed by atoms with Crippen LogP contribution in [0.2, 0.25) is 0 Å². The first-order valence-corrected chi connectivity index (χ1v) is 7.56. The van der Waals surface area contributed by atoms with Crippen molar-refractivity contribution in [3.8, 4) is 22.6 Å². The molecule has 0 aliphatic rings. The lowest BCUT2D eigenvalue weighted by atomic mass is 9.92. The Balaban J connectivity index is 1.96. The van der Waals surface area contributed by atoms with Crippen molar-refractivity contribution >= 4 is 0 Å². The summed E-state index contributed by atoms with van der Waals surface area (Å²) < 4.78 is 0. The first-order valence-electron chi connectivity index (χ1n) is 7.56. The van der Waals surface area contributed by atoms with Gasteiger partial charge in [-0.05, 0) is 41.3 Å². The summed E-state index contributed by atoms with van der Waals surface area (Å²) in [5, 5.41) is 19.8. The SMILES string of the molecule is N[C@@H](Cc1ccc(O)cc1-c1ccccc1)c1ccccc1O. The van der Waals surface area contributed by atoms with E-state index in [4.69, 9.17) is 5.73 Å². The third-order valence-corrected chi connectivity index (χ3v) is 3.95. The highest BCUT2D eigenvalue weighted by Gasteiger charge is 2.14. The molecule has 0 aromatic heterocycles. The zero-order valence-electron chi connectivity index (χ0n) is 12.7. The Morgan fingerprint density at radius 2 is 1.52 bits per heavy atom. The molecule has 0 fully saturated rings. The molecule has 3 aromatic rings. The zero-order chi connectivity index (χ0) is 16.2. The fourth-order valence-electron chi connectivity index (χ4n) is 2.78. The molecule has 3 heteroatoms. The maximum atomic E-state index is 9.97. The minimum absolute atomic E-state index is 0.208. The molecule has 0 aliphatic heterocycles. The van der Waals surface area contributed by atoms with Gasteiger partial charge in [0.2, 0.25) is 0 Å². The standard InChI is InChI=1S/C20H19NO2/c21-19(17-8-4-5-9-20(17)23)12-15-10-11-16(22)13-18(15)14-6-2-1-3-7-14/h1-11,13,19,22-23H,12,21H2/t19-/m0/s1. The van der Waals surface area contributed by atoms with Gasteiger partial charge >= 0.3 is 0 Å².